The number of benzene rings is 2. The smallest absolute Gasteiger partial charge is 0.335 e. The Kier molecular flexibility index (Phi) is 3.66. The van der Waals surface area contributed by atoms with E-state index in [1.165, 1.54) is 18.2 Å². The fourth-order valence-electron chi connectivity index (χ4n) is 1.49. The Morgan fingerprint density at radius 1 is 1.11 bits per heavy atom. The van der Waals surface area contributed by atoms with Gasteiger partial charge in [0.25, 0.3) is 0 Å². The van der Waals surface area contributed by atoms with Crippen molar-refractivity contribution in [3.63, 3.8) is 0 Å². The highest BCUT2D eigenvalue weighted by Gasteiger charge is 2.10. The summed E-state index contributed by atoms with van der Waals surface area (Å²) in [5.41, 5.74) is 0.0548. The molecule has 0 heterocycles. The van der Waals surface area contributed by atoms with E-state index in [9.17, 15) is 13.6 Å². The lowest BCUT2D eigenvalue weighted by atomic mass is 10.2. The van der Waals surface area contributed by atoms with E-state index < -0.39 is 17.6 Å². The van der Waals surface area contributed by atoms with E-state index in [2.05, 4.69) is 5.32 Å². The molecule has 0 saturated carbocycles. The van der Waals surface area contributed by atoms with Gasteiger partial charge in [0, 0.05) is 6.07 Å². The summed E-state index contributed by atoms with van der Waals surface area (Å²) in [5, 5.41) is 11.6. The minimum atomic E-state index is -1.14. The van der Waals surface area contributed by atoms with E-state index in [0.717, 1.165) is 18.2 Å². The molecule has 2 aromatic carbocycles. The second-order valence-corrected chi connectivity index (χ2v) is 4.16. The largest absolute Gasteiger partial charge is 0.478 e. The van der Waals surface area contributed by atoms with Crippen LogP contribution in [0.5, 0.6) is 0 Å². The summed E-state index contributed by atoms with van der Waals surface area (Å²) in [4.78, 5) is 10.8. The predicted octanol–water partition coefficient (Wildman–Crippen LogP) is 4.06. The van der Waals surface area contributed by atoms with Gasteiger partial charge < -0.3 is 10.4 Å². The van der Waals surface area contributed by atoms with Crippen LogP contribution in [-0.2, 0) is 0 Å². The van der Waals surface area contributed by atoms with Crippen LogP contribution in [0.25, 0.3) is 0 Å². The Morgan fingerprint density at radius 3 is 2.53 bits per heavy atom. The number of carboxylic acids is 1. The maximum absolute atomic E-state index is 13.5. The van der Waals surface area contributed by atoms with Crippen LogP contribution in [-0.4, -0.2) is 11.1 Å². The summed E-state index contributed by atoms with van der Waals surface area (Å²) in [7, 11) is 0. The van der Waals surface area contributed by atoms with Gasteiger partial charge in [0.15, 0.2) is 0 Å². The molecule has 0 atom stereocenters. The van der Waals surface area contributed by atoms with Crippen molar-refractivity contribution in [3.8, 4) is 0 Å². The lowest BCUT2D eigenvalue weighted by Gasteiger charge is -2.10. The summed E-state index contributed by atoms with van der Waals surface area (Å²) in [5.74, 6) is -2.42. The monoisotopic (exact) mass is 283 g/mol. The van der Waals surface area contributed by atoms with E-state index in [1.54, 1.807) is 0 Å². The quantitative estimate of drug-likeness (QED) is 0.893. The van der Waals surface area contributed by atoms with Crippen molar-refractivity contribution >= 4 is 28.9 Å². The van der Waals surface area contributed by atoms with Crippen LogP contribution in [0.3, 0.4) is 0 Å². The minimum Gasteiger partial charge on any atom is -0.478 e. The highest BCUT2D eigenvalue weighted by atomic mass is 35.5. The van der Waals surface area contributed by atoms with Crippen molar-refractivity contribution in [1.82, 2.24) is 0 Å². The zero-order chi connectivity index (χ0) is 14.0. The lowest BCUT2D eigenvalue weighted by Crippen LogP contribution is -2.00. The van der Waals surface area contributed by atoms with Crippen LogP contribution in [0.2, 0.25) is 5.02 Å². The number of carboxylic acid groups (broad SMARTS) is 1. The Morgan fingerprint density at radius 2 is 1.84 bits per heavy atom. The van der Waals surface area contributed by atoms with E-state index in [-0.39, 0.29) is 22.0 Å². The molecule has 0 aliphatic carbocycles. The van der Waals surface area contributed by atoms with Gasteiger partial charge in [-0.15, -0.1) is 0 Å². The Balaban J connectivity index is 2.40. The van der Waals surface area contributed by atoms with Crippen molar-refractivity contribution in [3.05, 3.63) is 58.6 Å². The SMILES string of the molecule is O=C(O)c1ccc(Cl)c(Nc2cc(F)ccc2F)c1. The molecule has 0 aliphatic rings. The van der Waals surface area contributed by atoms with E-state index in [4.69, 9.17) is 16.7 Å². The third-order valence-electron chi connectivity index (χ3n) is 2.41. The van der Waals surface area contributed by atoms with Gasteiger partial charge in [0.2, 0.25) is 0 Å². The molecule has 3 nitrogen and oxygen atoms in total. The molecular formula is C13H8ClF2NO2. The third kappa shape index (κ3) is 3.00. The molecule has 0 radical (unpaired) electrons. The Labute approximate surface area is 112 Å². The van der Waals surface area contributed by atoms with Crippen LogP contribution in [0.15, 0.2) is 36.4 Å². The number of halogens is 3. The second kappa shape index (κ2) is 5.24. The van der Waals surface area contributed by atoms with Gasteiger partial charge in [-0.3, -0.25) is 0 Å². The second-order valence-electron chi connectivity index (χ2n) is 3.75. The standard InChI is InChI=1S/C13H8ClF2NO2/c14-9-3-1-7(13(18)19)5-11(9)17-12-6-8(15)2-4-10(12)16/h1-6,17H,(H,18,19). The van der Waals surface area contributed by atoms with Crippen LogP contribution >= 0.6 is 11.6 Å². The maximum atomic E-state index is 13.5. The van der Waals surface area contributed by atoms with E-state index >= 15 is 0 Å². The molecule has 2 rings (SSSR count). The number of carbonyl (C=O) groups is 1. The van der Waals surface area contributed by atoms with Gasteiger partial charge in [0.05, 0.1) is 22.0 Å². The van der Waals surface area contributed by atoms with E-state index in [1.807, 2.05) is 0 Å². The van der Waals surface area contributed by atoms with Gasteiger partial charge in [-0.2, -0.15) is 0 Å². The molecule has 0 spiro atoms. The molecule has 0 saturated heterocycles. The van der Waals surface area contributed by atoms with Gasteiger partial charge in [-0.1, -0.05) is 11.6 Å². The molecular weight excluding hydrogens is 276 g/mol. The van der Waals surface area contributed by atoms with Crippen LogP contribution < -0.4 is 5.32 Å². The van der Waals surface area contributed by atoms with Crippen LogP contribution in [0.1, 0.15) is 10.4 Å². The number of nitrogens with one attached hydrogen (secondary N) is 1. The molecule has 2 N–H and O–H groups in total. The van der Waals surface area contributed by atoms with Crippen molar-refractivity contribution in [2.24, 2.45) is 0 Å². The molecule has 0 bridgehead atoms. The number of rotatable bonds is 3. The summed E-state index contributed by atoms with van der Waals surface area (Å²) in [6.45, 7) is 0. The van der Waals surface area contributed by atoms with Crippen molar-refractivity contribution < 1.29 is 18.7 Å². The lowest BCUT2D eigenvalue weighted by molar-refractivity contribution is 0.0697. The number of aromatic carboxylic acids is 1. The molecule has 6 heteroatoms. The van der Waals surface area contributed by atoms with Gasteiger partial charge in [-0.25, -0.2) is 13.6 Å². The minimum absolute atomic E-state index is 0.0105. The summed E-state index contributed by atoms with van der Waals surface area (Å²) < 4.78 is 26.5. The molecule has 0 fully saturated rings. The number of anilines is 2. The molecule has 0 amide bonds. The average molecular weight is 284 g/mol. The third-order valence-corrected chi connectivity index (χ3v) is 2.74. The molecule has 19 heavy (non-hydrogen) atoms. The van der Waals surface area contributed by atoms with Gasteiger partial charge in [0.1, 0.15) is 11.6 Å². The maximum Gasteiger partial charge on any atom is 0.335 e. The Hall–Kier alpha value is -2.14. The number of hydrogen-bond acceptors (Lipinski definition) is 2. The summed E-state index contributed by atoms with van der Waals surface area (Å²) in [6, 6.07) is 6.83. The highest BCUT2D eigenvalue weighted by molar-refractivity contribution is 6.33. The van der Waals surface area contributed by atoms with Crippen molar-refractivity contribution in [2.75, 3.05) is 5.32 Å². The summed E-state index contributed by atoms with van der Waals surface area (Å²) >= 11 is 5.87. The first kappa shape index (κ1) is 13.3. The first-order valence-corrected chi connectivity index (χ1v) is 5.60. The molecule has 98 valence electrons. The Bertz CT molecular complexity index is 647. The predicted molar refractivity (Wildman–Crippen MR) is 68.1 cm³/mol. The van der Waals surface area contributed by atoms with Crippen LogP contribution in [0, 0.1) is 11.6 Å². The van der Waals surface area contributed by atoms with Crippen molar-refractivity contribution in [1.29, 1.82) is 0 Å². The fourth-order valence-corrected chi connectivity index (χ4v) is 1.66. The van der Waals surface area contributed by atoms with Crippen molar-refractivity contribution in [2.45, 2.75) is 0 Å². The zero-order valence-electron chi connectivity index (χ0n) is 9.45. The topological polar surface area (TPSA) is 49.3 Å². The van der Waals surface area contributed by atoms with Gasteiger partial charge >= 0.3 is 5.97 Å². The summed E-state index contributed by atoms with van der Waals surface area (Å²) in [6.07, 6.45) is 0. The highest BCUT2D eigenvalue weighted by Crippen LogP contribution is 2.28. The molecule has 0 unspecified atom stereocenters. The first-order valence-electron chi connectivity index (χ1n) is 5.22. The van der Waals surface area contributed by atoms with Crippen LogP contribution in [0.4, 0.5) is 20.2 Å². The zero-order valence-corrected chi connectivity index (χ0v) is 10.2. The first-order chi connectivity index (χ1) is 8.97. The molecule has 0 aliphatic heterocycles. The van der Waals surface area contributed by atoms with E-state index in [0.29, 0.717) is 0 Å². The molecule has 2 aromatic rings. The van der Waals surface area contributed by atoms with Gasteiger partial charge in [-0.05, 0) is 30.3 Å². The average Bonchev–Trinajstić information content (AvgIpc) is 2.36. The fraction of sp³-hybridized carbons (Fsp3) is 0. The normalized spacial score (nSPS) is 10.3. The molecule has 0 aromatic heterocycles. The number of hydrogen-bond donors (Lipinski definition) is 2.